The van der Waals surface area contributed by atoms with Gasteiger partial charge in [0, 0.05) is 32.2 Å². The SMILES string of the molecule is CC(C)COC(=O)N1CCCN(C(=O)c2ccon2)CC1. The van der Waals surface area contributed by atoms with Crippen molar-refractivity contribution in [2.45, 2.75) is 20.3 Å². The zero-order valence-corrected chi connectivity index (χ0v) is 12.4. The Morgan fingerprint density at radius 3 is 2.67 bits per heavy atom. The molecule has 1 aliphatic rings. The van der Waals surface area contributed by atoms with Gasteiger partial charge in [0.1, 0.15) is 6.26 Å². The smallest absolute Gasteiger partial charge is 0.409 e. The van der Waals surface area contributed by atoms with Gasteiger partial charge in [0.25, 0.3) is 5.91 Å². The first kappa shape index (κ1) is 15.3. The second-order valence-corrected chi connectivity index (χ2v) is 5.49. The van der Waals surface area contributed by atoms with Crippen LogP contribution >= 0.6 is 0 Å². The molecule has 2 heterocycles. The first-order valence-electron chi connectivity index (χ1n) is 7.19. The van der Waals surface area contributed by atoms with Crippen molar-refractivity contribution in [2.24, 2.45) is 5.92 Å². The van der Waals surface area contributed by atoms with Crippen molar-refractivity contribution in [2.75, 3.05) is 32.8 Å². The molecule has 0 aromatic carbocycles. The van der Waals surface area contributed by atoms with E-state index in [1.165, 1.54) is 6.26 Å². The van der Waals surface area contributed by atoms with E-state index in [0.29, 0.717) is 44.4 Å². The Morgan fingerprint density at radius 2 is 2.00 bits per heavy atom. The van der Waals surface area contributed by atoms with Gasteiger partial charge in [-0.25, -0.2) is 4.79 Å². The minimum absolute atomic E-state index is 0.166. The Balaban J connectivity index is 1.87. The second kappa shape index (κ2) is 7.10. The van der Waals surface area contributed by atoms with Gasteiger partial charge in [-0.15, -0.1) is 0 Å². The standard InChI is InChI=1S/C14H21N3O4/c1-11(2)10-20-14(19)17-6-3-5-16(7-8-17)13(18)12-4-9-21-15-12/h4,9,11H,3,5-8,10H2,1-2H3. The molecule has 0 bridgehead atoms. The quantitative estimate of drug-likeness (QED) is 0.847. The molecule has 1 saturated heterocycles. The molecule has 2 rings (SSSR count). The van der Waals surface area contributed by atoms with Gasteiger partial charge in [0.2, 0.25) is 0 Å². The summed E-state index contributed by atoms with van der Waals surface area (Å²) in [6.07, 6.45) is 1.79. The lowest BCUT2D eigenvalue weighted by Crippen LogP contribution is -2.38. The fourth-order valence-electron chi connectivity index (χ4n) is 2.12. The lowest BCUT2D eigenvalue weighted by molar-refractivity contribution is 0.0737. The lowest BCUT2D eigenvalue weighted by Gasteiger charge is -2.21. The maximum absolute atomic E-state index is 12.2. The van der Waals surface area contributed by atoms with Crippen LogP contribution in [-0.4, -0.2) is 59.7 Å². The summed E-state index contributed by atoms with van der Waals surface area (Å²) in [7, 11) is 0. The first-order valence-corrected chi connectivity index (χ1v) is 7.19. The van der Waals surface area contributed by atoms with E-state index >= 15 is 0 Å². The average Bonchev–Trinajstić information content (AvgIpc) is 2.88. The molecule has 7 nitrogen and oxygen atoms in total. The highest BCUT2D eigenvalue weighted by Crippen LogP contribution is 2.09. The average molecular weight is 295 g/mol. The molecule has 1 aliphatic heterocycles. The summed E-state index contributed by atoms with van der Waals surface area (Å²) >= 11 is 0. The van der Waals surface area contributed by atoms with Crippen LogP contribution in [0.1, 0.15) is 30.8 Å². The summed E-state index contributed by atoms with van der Waals surface area (Å²) in [5.74, 6) is 0.146. The number of carbonyl (C=O) groups is 2. The molecule has 0 radical (unpaired) electrons. The van der Waals surface area contributed by atoms with Crippen LogP contribution < -0.4 is 0 Å². The van der Waals surface area contributed by atoms with Crippen LogP contribution in [0, 0.1) is 5.92 Å². The molecule has 7 heteroatoms. The molecule has 0 atom stereocenters. The summed E-state index contributed by atoms with van der Waals surface area (Å²) in [5, 5.41) is 3.65. The van der Waals surface area contributed by atoms with Gasteiger partial charge in [-0.3, -0.25) is 4.79 Å². The summed E-state index contributed by atoms with van der Waals surface area (Å²) < 4.78 is 9.91. The van der Waals surface area contributed by atoms with E-state index in [4.69, 9.17) is 4.74 Å². The minimum Gasteiger partial charge on any atom is -0.449 e. The zero-order chi connectivity index (χ0) is 15.2. The molecular weight excluding hydrogens is 274 g/mol. The Morgan fingerprint density at radius 1 is 1.29 bits per heavy atom. The molecule has 116 valence electrons. The molecule has 1 fully saturated rings. The molecule has 1 aromatic rings. The number of aromatic nitrogens is 1. The van der Waals surface area contributed by atoms with E-state index in [2.05, 4.69) is 9.68 Å². The van der Waals surface area contributed by atoms with E-state index in [0.717, 1.165) is 6.42 Å². The summed E-state index contributed by atoms with van der Waals surface area (Å²) in [4.78, 5) is 27.4. The number of amides is 2. The third-order valence-electron chi connectivity index (χ3n) is 3.24. The molecular formula is C14H21N3O4. The van der Waals surface area contributed by atoms with Crippen LogP contribution in [0.5, 0.6) is 0 Å². The molecule has 21 heavy (non-hydrogen) atoms. The number of rotatable bonds is 3. The van der Waals surface area contributed by atoms with Crippen molar-refractivity contribution in [3.63, 3.8) is 0 Å². The molecule has 0 spiro atoms. The summed E-state index contributed by atoms with van der Waals surface area (Å²) in [5.41, 5.74) is 0.297. The van der Waals surface area contributed by atoms with Gasteiger partial charge in [0.15, 0.2) is 5.69 Å². The monoisotopic (exact) mass is 295 g/mol. The van der Waals surface area contributed by atoms with Gasteiger partial charge >= 0.3 is 6.09 Å². The lowest BCUT2D eigenvalue weighted by atomic mass is 10.2. The molecule has 0 unspecified atom stereocenters. The van der Waals surface area contributed by atoms with Crippen molar-refractivity contribution in [1.82, 2.24) is 15.0 Å². The topological polar surface area (TPSA) is 75.9 Å². The predicted molar refractivity (Wildman–Crippen MR) is 74.8 cm³/mol. The van der Waals surface area contributed by atoms with Crippen LogP contribution in [0.2, 0.25) is 0 Å². The highest BCUT2D eigenvalue weighted by atomic mass is 16.6. The van der Waals surface area contributed by atoms with Crippen molar-refractivity contribution in [3.8, 4) is 0 Å². The fraction of sp³-hybridized carbons (Fsp3) is 0.643. The summed E-state index contributed by atoms with van der Waals surface area (Å²) in [6.45, 7) is 6.54. The Bertz CT molecular complexity index is 473. The van der Waals surface area contributed by atoms with Crippen molar-refractivity contribution < 1.29 is 18.8 Å². The van der Waals surface area contributed by atoms with E-state index in [9.17, 15) is 9.59 Å². The molecule has 0 N–H and O–H groups in total. The predicted octanol–water partition coefficient (Wildman–Crippen LogP) is 1.62. The van der Waals surface area contributed by atoms with Gasteiger partial charge in [-0.2, -0.15) is 0 Å². The molecule has 0 saturated carbocycles. The highest BCUT2D eigenvalue weighted by Gasteiger charge is 2.24. The third-order valence-corrected chi connectivity index (χ3v) is 3.24. The zero-order valence-electron chi connectivity index (χ0n) is 12.4. The van der Waals surface area contributed by atoms with Gasteiger partial charge in [-0.05, 0) is 12.3 Å². The van der Waals surface area contributed by atoms with Crippen molar-refractivity contribution >= 4 is 12.0 Å². The first-order chi connectivity index (χ1) is 10.1. The number of hydrogen-bond donors (Lipinski definition) is 0. The van der Waals surface area contributed by atoms with Crippen molar-refractivity contribution in [3.05, 3.63) is 18.0 Å². The van der Waals surface area contributed by atoms with Crippen LogP contribution in [0.4, 0.5) is 4.79 Å². The molecule has 2 amide bonds. The molecule has 0 aliphatic carbocycles. The van der Waals surface area contributed by atoms with Crippen LogP contribution in [0.25, 0.3) is 0 Å². The second-order valence-electron chi connectivity index (χ2n) is 5.49. The number of nitrogens with zero attached hydrogens (tertiary/aromatic N) is 3. The van der Waals surface area contributed by atoms with Gasteiger partial charge < -0.3 is 19.1 Å². The Hall–Kier alpha value is -2.05. The van der Waals surface area contributed by atoms with E-state index in [-0.39, 0.29) is 12.0 Å². The number of carbonyl (C=O) groups excluding carboxylic acids is 2. The van der Waals surface area contributed by atoms with E-state index < -0.39 is 0 Å². The number of ether oxygens (including phenoxy) is 1. The largest absolute Gasteiger partial charge is 0.449 e. The van der Waals surface area contributed by atoms with Gasteiger partial charge in [0.05, 0.1) is 6.61 Å². The van der Waals surface area contributed by atoms with Crippen LogP contribution in [0.3, 0.4) is 0 Å². The fourth-order valence-corrected chi connectivity index (χ4v) is 2.12. The minimum atomic E-state index is -0.306. The van der Waals surface area contributed by atoms with Crippen molar-refractivity contribution in [1.29, 1.82) is 0 Å². The Kier molecular flexibility index (Phi) is 5.19. The molecule has 1 aromatic heterocycles. The normalized spacial score (nSPS) is 16.0. The van der Waals surface area contributed by atoms with E-state index in [1.54, 1.807) is 15.9 Å². The Labute approximate surface area is 123 Å². The number of hydrogen-bond acceptors (Lipinski definition) is 5. The highest BCUT2D eigenvalue weighted by molar-refractivity contribution is 5.92. The maximum Gasteiger partial charge on any atom is 0.409 e. The third kappa shape index (κ3) is 4.21. The van der Waals surface area contributed by atoms with Crippen LogP contribution in [-0.2, 0) is 4.74 Å². The summed E-state index contributed by atoms with van der Waals surface area (Å²) in [6, 6.07) is 1.54. The van der Waals surface area contributed by atoms with E-state index in [1.807, 2.05) is 13.8 Å². The van der Waals surface area contributed by atoms with Gasteiger partial charge in [-0.1, -0.05) is 19.0 Å². The van der Waals surface area contributed by atoms with Crippen LogP contribution in [0.15, 0.2) is 16.9 Å². The maximum atomic E-state index is 12.2.